The van der Waals surface area contributed by atoms with E-state index in [0.29, 0.717) is 16.0 Å². The average molecular weight is 375 g/mol. The van der Waals surface area contributed by atoms with E-state index in [1.807, 2.05) is 6.92 Å². The maximum absolute atomic E-state index is 14.9. The van der Waals surface area contributed by atoms with Gasteiger partial charge < -0.3 is 5.32 Å². The molecule has 9 heteroatoms. The third-order valence-electron chi connectivity index (χ3n) is 3.77. The van der Waals surface area contributed by atoms with E-state index >= 15 is 0 Å². The highest BCUT2D eigenvalue weighted by Gasteiger charge is 2.38. The van der Waals surface area contributed by atoms with Gasteiger partial charge in [0.2, 0.25) is 5.82 Å². The van der Waals surface area contributed by atoms with Gasteiger partial charge in [0.1, 0.15) is 16.5 Å². The molecule has 26 heavy (non-hydrogen) atoms. The van der Waals surface area contributed by atoms with Gasteiger partial charge in [0.15, 0.2) is 5.82 Å². The third-order valence-corrected chi connectivity index (χ3v) is 4.57. The maximum Gasteiger partial charge on any atom is 0.331 e. The van der Waals surface area contributed by atoms with Crippen LogP contribution in [0.5, 0.6) is 0 Å². The number of anilines is 2. The number of nitrogens with zero attached hydrogens (tertiary/aromatic N) is 3. The van der Waals surface area contributed by atoms with Gasteiger partial charge in [0, 0.05) is 17.3 Å². The molecule has 3 heterocycles. The number of hydrogen-bond donors (Lipinski definition) is 2. The fourth-order valence-corrected chi connectivity index (χ4v) is 3.25. The van der Waals surface area contributed by atoms with Crippen molar-refractivity contribution in [3.05, 3.63) is 64.7 Å². The summed E-state index contributed by atoms with van der Waals surface area (Å²) >= 11 is 1.23. The first-order valence-electron chi connectivity index (χ1n) is 7.62. The van der Waals surface area contributed by atoms with Crippen LogP contribution in [0, 0.1) is 12.7 Å². The van der Waals surface area contributed by atoms with Crippen LogP contribution in [-0.2, 0) is 5.92 Å². The van der Waals surface area contributed by atoms with Crippen molar-refractivity contribution in [1.82, 2.24) is 20.2 Å². The molecule has 1 aromatic carbocycles. The highest BCUT2D eigenvalue weighted by molar-refractivity contribution is 7.16. The zero-order valence-corrected chi connectivity index (χ0v) is 14.2. The van der Waals surface area contributed by atoms with E-state index in [0.717, 1.165) is 30.0 Å². The van der Waals surface area contributed by atoms with Crippen LogP contribution in [-0.4, -0.2) is 20.2 Å². The summed E-state index contributed by atoms with van der Waals surface area (Å²) in [7, 11) is 0. The highest BCUT2D eigenvalue weighted by atomic mass is 32.1. The van der Waals surface area contributed by atoms with Crippen LogP contribution < -0.4 is 5.32 Å². The summed E-state index contributed by atoms with van der Waals surface area (Å²) in [5.74, 6) is -4.02. The number of nitrogens with one attached hydrogen (secondary N) is 2. The van der Waals surface area contributed by atoms with Crippen molar-refractivity contribution in [2.24, 2.45) is 0 Å². The summed E-state index contributed by atoms with van der Waals surface area (Å²) in [5.41, 5.74) is 0.441. The minimum absolute atomic E-state index is 0.236. The summed E-state index contributed by atoms with van der Waals surface area (Å²) in [6, 6.07) is 7.51. The number of thiophene rings is 1. The van der Waals surface area contributed by atoms with Crippen LogP contribution in [0.3, 0.4) is 0 Å². The topological polar surface area (TPSA) is 66.5 Å². The van der Waals surface area contributed by atoms with Crippen molar-refractivity contribution >= 4 is 33.2 Å². The number of rotatable bonds is 4. The van der Waals surface area contributed by atoms with Gasteiger partial charge in [-0.3, -0.25) is 5.10 Å². The third kappa shape index (κ3) is 2.90. The summed E-state index contributed by atoms with van der Waals surface area (Å²) in [6.45, 7) is 1.83. The fourth-order valence-electron chi connectivity index (χ4n) is 2.48. The van der Waals surface area contributed by atoms with Gasteiger partial charge in [-0.15, -0.1) is 11.3 Å². The molecule has 0 saturated heterocycles. The molecule has 0 aliphatic rings. The molecule has 3 aromatic heterocycles. The Kier molecular flexibility index (Phi) is 3.87. The molecule has 0 aliphatic carbocycles. The van der Waals surface area contributed by atoms with Crippen molar-refractivity contribution in [2.75, 3.05) is 5.32 Å². The highest BCUT2D eigenvalue weighted by Crippen LogP contribution is 2.37. The SMILES string of the molecule is Cc1cc(Nc2nc(C(F)(F)c3ccc(F)cc3)nc3sccc23)n[nH]1. The molecule has 0 aliphatic heterocycles. The monoisotopic (exact) mass is 375 g/mol. The number of fused-ring (bicyclic) bond motifs is 1. The van der Waals surface area contributed by atoms with Crippen molar-refractivity contribution in [2.45, 2.75) is 12.8 Å². The average Bonchev–Trinajstić information content (AvgIpc) is 3.24. The van der Waals surface area contributed by atoms with Crippen LogP contribution in [0.1, 0.15) is 17.1 Å². The summed E-state index contributed by atoms with van der Waals surface area (Å²) < 4.78 is 42.8. The number of hydrogen-bond acceptors (Lipinski definition) is 5. The predicted molar refractivity (Wildman–Crippen MR) is 93.4 cm³/mol. The van der Waals surface area contributed by atoms with Crippen LogP contribution in [0.2, 0.25) is 0 Å². The molecule has 5 nitrogen and oxygen atoms in total. The quantitative estimate of drug-likeness (QED) is 0.540. The van der Waals surface area contributed by atoms with Crippen molar-refractivity contribution in [1.29, 1.82) is 0 Å². The van der Waals surface area contributed by atoms with E-state index < -0.39 is 17.6 Å². The van der Waals surface area contributed by atoms with Gasteiger partial charge in [0.05, 0.1) is 5.39 Å². The second-order valence-corrected chi connectivity index (χ2v) is 6.57. The second-order valence-electron chi connectivity index (χ2n) is 5.68. The van der Waals surface area contributed by atoms with Crippen LogP contribution in [0.25, 0.3) is 10.2 Å². The van der Waals surface area contributed by atoms with E-state index in [4.69, 9.17) is 0 Å². The molecule has 4 rings (SSSR count). The van der Waals surface area contributed by atoms with Gasteiger partial charge in [-0.25, -0.2) is 14.4 Å². The zero-order chi connectivity index (χ0) is 18.3. The molecule has 2 N–H and O–H groups in total. The van der Waals surface area contributed by atoms with Gasteiger partial charge in [-0.05, 0) is 42.6 Å². The second kappa shape index (κ2) is 6.10. The van der Waals surface area contributed by atoms with Gasteiger partial charge in [-0.2, -0.15) is 13.9 Å². The Morgan fingerprint density at radius 3 is 2.58 bits per heavy atom. The number of aryl methyl sites for hydroxylation is 1. The summed E-state index contributed by atoms with van der Waals surface area (Å²) in [4.78, 5) is 8.47. The van der Waals surface area contributed by atoms with E-state index in [-0.39, 0.29) is 11.4 Å². The molecular formula is C17H12F3N5S. The Bertz CT molecular complexity index is 1070. The molecule has 0 unspecified atom stereocenters. The van der Waals surface area contributed by atoms with Crippen molar-refractivity contribution in [3.8, 4) is 0 Å². The maximum atomic E-state index is 14.9. The Hall–Kier alpha value is -2.94. The van der Waals surface area contributed by atoms with Gasteiger partial charge >= 0.3 is 5.92 Å². The van der Waals surface area contributed by atoms with E-state index in [2.05, 4.69) is 25.5 Å². The normalized spacial score (nSPS) is 11.8. The standard InChI is InChI=1S/C17H12F3N5S/c1-9-8-13(25-24-9)21-14-12-6-7-26-15(12)23-16(22-14)17(19,20)10-2-4-11(18)5-3-10/h2-8H,1H3,(H2,21,22,23,24,25). The number of benzene rings is 1. The number of alkyl halides is 2. The number of H-pyrrole nitrogens is 1. The summed E-state index contributed by atoms with van der Waals surface area (Å²) in [5, 5.41) is 12.1. The molecule has 0 radical (unpaired) electrons. The van der Waals surface area contributed by atoms with Crippen molar-refractivity contribution < 1.29 is 13.2 Å². The molecular weight excluding hydrogens is 363 g/mol. The van der Waals surface area contributed by atoms with E-state index in [1.54, 1.807) is 17.5 Å². The Labute approximate surface area is 149 Å². The van der Waals surface area contributed by atoms with Crippen LogP contribution >= 0.6 is 11.3 Å². The molecule has 0 saturated carbocycles. The van der Waals surface area contributed by atoms with E-state index in [1.165, 1.54) is 11.3 Å². The summed E-state index contributed by atoms with van der Waals surface area (Å²) in [6.07, 6.45) is 0. The number of aromatic amines is 1. The molecule has 4 aromatic rings. The zero-order valence-electron chi connectivity index (χ0n) is 13.4. The Balaban J connectivity index is 1.81. The Morgan fingerprint density at radius 2 is 1.88 bits per heavy atom. The minimum atomic E-state index is -3.47. The number of aromatic nitrogens is 4. The molecule has 0 spiro atoms. The fraction of sp³-hybridized carbons (Fsp3) is 0.118. The largest absolute Gasteiger partial charge is 0.331 e. The van der Waals surface area contributed by atoms with Crippen molar-refractivity contribution in [3.63, 3.8) is 0 Å². The first-order chi connectivity index (χ1) is 12.4. The minimum Gasteiger partial charge on any atom is -0.323 e. The molecule has 0 atom stereocenters. The van der Waals surface area contributed by atoms with Crippen LogP contribution in [0.15, 0.2) is 41.8 Å². The number of halogens is 3. The molecule has 132 valence electrons. The smallest absolute Gasteiger partial charge is 0.323 e. The molecule has 0 fully saturated rings. The molecule has 0 bridgehead atoms. The first-order valence-corrected chi connectivity index (χ1v) is 8.50. The molecule has 0 amide bonds. The lowest BCUT2D eigenvalue weighted by atomic mass is 10.1. The van der Waals surface area contributed by atoms with E-state index in [9.17, 15) is 13.2 Å². The van der Waals surface area contributed by atoms with Gasteiger partial charge in [-0.1, -0.05) is 0 Å². The predicted octanol–water partition coefficient (Wildman–Crippen LogP) is 4.75. The van der Waals surface area contributed by atoms with Gasteiger partial charge in [0.25, 0.3) is 0 Å². The lowest BCUT2D eigenvalue weighted by Crippen LogP contribution is -2.19. The lowest BCUT2D eigenvalue weighted by molar-refractivity contribution is 0.0333. The first kappa shape index (κ1) is 16.5. The lowest BCUT2D eigenvalue weighted by Gasteiger charge is -2.16. The Morgan fingerprint density at radius 1 is 1.12 bits per heavy atom. The van der Waals surface area contributed by atoms with Crippen LogP contribution in [0.4, 0.5) is 24.8 Å².